The van der Waals surface area contributed by atoms with Crippen LogP contribution in [0.15, 0.2) is 42.5 Å². The standard InChI is InChI=1S/C18H20N2O4/c1-4-15(13-7-5-12(2)6-8-13)19-18(21)14-9-10-17(24-3)16(11-14)20(22)23/h5-11,15H,4H2,1-3H3,(H,19,21). The number of benzene rings is 2. The third-order valence-corrected chi connectivity index (χ3v) is 3.83. The molecular weight excluding hydrogens is 308 g/mol. The van der Waals surface area contributed by atoms with Gasteiger partial charge in [0.1, 0.15) is 0 Å². The maximum Gasteiger partial charge on any atom is 0.311 e. The summed E-state index contributed by atoms with van der Waals surface area (Å²) < 4.78 is 4.95. The van der Waals surface area contributed by atoms with E-state index in [9.17, 15) is 14.9 Å². The van der Waals surface area contributed by atoms with Crippen molar-refractivity contribution >= 4 is 11.6 Å². The average Bonchev–Trinajstić information content (AvgIpc) is 2.59. The Labute approximate surface area is 140 Å². The van der Waals surface area contributed by atoms with Gasteiger partial charge in [0.15, 0.2) is 5.75 Å². The van der Waals surface area contributed by atoms with Crippen molar-refractivity contribution in [2.75, 3.05) is 7.11 Å². The predicted octanol–water partition coefficient (Wildman–Crippen LogP) is 3.79. The van der Waals surface area contributed by atoms with Crippen LogP contribution in [0.4, 0.5) is 5.69 Å². The van der Waals surface area contributed by atoms with Gasteiger partial charge in [-0.1, -0.05) is 36.8 Å². The molecule has 24 heavy (non-hydrogen) atoms. The summed E-state index contributed by atoms with van der Waals surface area (Å²) in [7, 11) is 1.35. The van der Waals surface area contributed by atoms with E-state index in [0.717, 1.165) is 11.1 Å². The first-order chi connectivity index (χ1) is 11.5. The minimum Gasteiger partial charge on any atom is -0.490 e. The normalized spacial score (nSPS) is 11.6. The SMILES string of the molecule is CCC(NC(=O)c1ccc(OC)c([N+](=O)[O-])c1)c1ccc(C)cc1. The third kappa shape index (κ3) is 3.90. The molecule has 1 atom stereocenters. The number of methoxy groups -OCH3 is 1. The number of carbonyl (C=O) groups excluding carboxylic acids is 1. The Morgan fingerprint density at radius 3 is 2.46 bits per heavy atom. The molecule has 0 heterocycles. The highest BCUT2D eigenvalue weighted by Gasteiger charge is 2.20. The van der Waals surface area contributed by atoms with Gasteiger partial charge in [-0.05, 0) is 31.0 Å². The summed E-state index contributed by atoms with van der Waals surface area (Å²) in [4.78, 5) is 23.0. The molecule has 0 spiro atoms. The fourth-order valence-electron chi connectivity index (χ4n) is 2.44. The van der Waals surface area contributed by atoms with Gasteiger partial charge in [0.25, 0.3) is 5.91 Å². The van der Waals surface area contributed by atoms with Crippen molar-refractivity contribution in [3.05, 3.63) is 69.3 Å². The van der Waals surface area contributed by atoms with Gasteiger partial charge in [0.05, 0.1) is 18.1 Å². The number of nitrogens with one attached hydrogen (secondary N) is 1. The molecule has 0 aromatic heterocycles. The molecule has 0 aliphatic heterocycles. The molecule has 2 aromatic carbocycles. The summed E-state index contributed by atoms with van der Waals surface area (Å²) in [6.45, 7) is 3.97. The second-order valence-corrected chi connectivity index (χ2v) is 5.49. The smallest absolute Gasteiger partial charge is 0.311 e. The van der Waals surface area contributed by atoms with Crippen LogP contribution in [0.2, 0.25) is 0 Å². The zero-order valence-electron chi connectivity index (χ0n) is 13.9. The molecule has 6 heteroatoms. The van der Waals surface area contributed by atoms with Crippen molar-refractivity contribution in [3.8, 4) is 5.75 Å². The van der Waals surface area contributed by atoms with Gasteiger partial charge in [-0.3, -0.25) is 14.9 Å². The molecule has 1 amide bonds. The second-order valence-electron chi connectivity index (χ2n) is 5.49. The summed E-state index contributed by atoms with van der Waals surface area (Å²) in [6.07, 6.45) is 0.715. The van der Waals surface area contributed by atoms with Crippen LogP contribution in [0.3, 0.4) is 0 Å². The molecule has 0 bridgehead atoms. The van der Waals surface area contributed by atoms with Crippen molar-refractivity contribution in [2.24, 2.45) is 0 Å². The van der Waals surface area contributed by atoms with Crippen molar-refractivity contribution < 1.29 is 14.5 Å². The average molecular weight is 328 g/mol. The molecule has 1 N–H and O–H groups in total. The molecule has 2 aromatic rings. The van der Waals surface area contributed by atoms with Crippen molar-refractivity contribution in [1.82, 2.24) is 5.32 Å². The molecule has 0 fully saturated rings. The zero-order chi connectivity index (χ0) is 17.7. The van der Waals surface area contributed by atoms with E-state index in [1.807, 2.05) is 38.1 Å². The fraction of sp³-hybridized carbons (Fsp3) is 0.278. The third-order valence-electron chi connectivity index (χ3n) is 3.83. The maximum absolute atomic E-state index is 12.5. The Morgan fingerprint density at radius 2 is 1.92 bits per heavy atom. The number of amides is 1. The van der Waals surface area contributed by atoms with Gasteiger partial charge in [-0.25, -0.2) is 0 Å². The number of nitro benzene ring substituents is 1. The summed E-state index contributed by atoms with van der Waals surface area (Å²) in [5.74, 6) is -0.227. The van der Waals surface area contributed by atoms with E-state index in [1.165, 1.54) is 25.3 Å². The van der Waals surface area contributed by atoms with E-state index in [4.69, 9.17) is 4.74 Å². The van der Waals surface area contributed by atoms with Gasteiger partial charge in [-0.2, -0.15) is 0 Å². The number of nitrogens with zero attached hydrogens (tertiary/aromatic N) is 1. The van der Waals surface area contributed by atoms with Gasteiger partial charge in [-0.15, -0.1) is 0 Å². The van der Waals surface area contributed by atoms with Gasteiger partial charge < -0.3 is 10.1 Å². The Hall–Kier alpha value is -2.89. The first kappa shape index (κ1) is 17.5. The molecule has 1 unspecified atom stereocenters. The molecular formula is C18H20N2O4. The highest BCUT2D eigenvalue weighted by molar-refractivity contribution is 5.95. The summed E-state index contributed by atoms with van der Waals surface area (Å²) >= 11 is 0. The number of hydrogen-bond donors (Lipinski definition) is 1. The topological polar surface area (TPSA) is 81.5 Å². The van der Waals surface area contributed by atoms with Crippen LogP contribution in [0, 0.1) is 17.0 Å². The predicted molar refractivity (Wildman–Crippen MR) is 91.3 cm³/mol. The Morgan fingerprint density at radius 1 is 1.25 bits per heavy atom. The van der Waals surface area contributed by atoms with E-state index in [0.29, 0.717) is 6.42 Å². The molecule has 0 saturated heterocycles. The zero-order valence-corrected chi connectivity index (χ0v) is 13.9. The summed E-state index contributed by atoms with van der Waals surface area (Å²) in [5, 5.41) is 14.0. The van der Waals surface area contributed by atoms with Gasteiger partial charge >= 0.3 is 5.69 Å². The van der Waals surface area contributed by atoms with Crippen LogP contribution in [0.1, 0.15) is 40.9 Å². The Bertz CT molecular complexity index is 741. The monoisotopic (exact) mass is 328 g/mol. The highest BCUT2D eigenvalue weighted by atomic mass is 16.6. The number of ether oxygens (including phenoxy) is 1. The maximum atomic E-state index is 12.5. The lowest BCUT2D eigenvalue weighted by atomic mass is 10.0. The molecule has 0 radical (unpaired) electrons. The molecule has 6 nitrogen and oxygen atoms in total. The highest BCUT2D eigenvalue weighted by Crippen LogP contribution is 2.28. The first-order valence-corrected chi connectivity index (χ1v) is 7.66. The number of carbonyl (C=O) groups is 1. The van der Waals surface area contributed by atoms with Crippen molar-refractivity contribution in [2.45, 2.75) is 26.3 Å². The Kier molecular flexibility index (Phi) is 5.52. The van der Waals surface area contributed by atoms with Crippen molar-refractivity contribution in [1.29, 1.82) is 0 Å². The number of hydrogen-bond acceptors (Lipinski definition) is 4. The van der Waals surface area contributed by atoms with Crippen LogP contribution in [0.25, 0.3) is 0 Å². The summed E-state index contributed by atoms with van der Waals surface area (Å²) in [5.41, 5.74) is 2.15. The van der Waals surface area contributed by atoms with Crippen LogP contribution in [0.5, 0.6) is 5.75 Å². The molecule has 0 saturated carbocycles. The largest absolute Gasteiger partial charge is 0.490 e. The number of nitro groups is 1. The van der Waals surface area contributed by atoms with E-state index in [2.05, 4.69) is 5.32 Å². The van der Waals surface area contributed by atoms with Crippen molar-refractivity contribution in [3.63, 3.8) is 0 Å². The Balaban J connectivity index is 2.23. The lowest BCUT2D eigenvalue weighted by Crippen LogP contribution is -2.28. The summed E-state index contributed by atoms with van der Waals surface area (Å²) in [6, 6.07) is 11.9. The lowest BCUT2D eigenvalue weighted by Gasteiger charge is -2.18. The van der Waals surface area contributed by atoms with E-state index in [-0.39, 0.29) is 28.9 Å². The van der Waals surface area contributed by atoms with Gasteiger partial charge in [0, 0.05) is 11.6 Å². The van der Waals surface area contributed by atoms with E-state index < -0.39 is 4.92 Å². The molecule has 0 aliphatic rings. The van der Waals surface area contributed by atoms with E-state index in [1.54, 1.807) is 0 Å². The van der Waals surface area contributed by atoms with Crippen LogP contribution < -0.4 is 10.1 Å². The quantitative estimate of drug-likeness (QED) is 0.646. The minimum atomic E-state index is -0.563. The van der Waals surface area contributed by atoms with Crippen LogP contribution in [-0.2, 0) is 0 Å². The fourth-order valence-corrected chi connectivity index (χ4v) is 2.44. The van der Waals surface area contributed by atoms with E-state index >= 15 is 0 Å². The van der Waals surface area contributed by atoms with Crippen LogP contribution in [-0.4, -0.2) is 17.9 Å². The minimum absolute atomic E-state index is 0.127. The molecule has 126 valence electrons. The number of rotatable bonds is 6. The molecule has 2 rings (SSSR count). The first-order valence-electron chi connectivity index (χ1n) is 7.66. The van der Waals surface area contributed by atoms with Gasteiger partial charge in [0.2, 0.25) is 0 Å². The number of aryl methyl sites for hydroxylation is 1. The molecule has 0 aliphatic carbocycles. The lowest BCUT2D eigenvalue weighted by molar-refractivity contribution is -0.385. The second kappa shape index (κ2) is 7.59. The van der Waals surface area contributed by atoms with Crippen LogP contribution >= 0.6 is 0 Å².